The lowest BCUT2D eigenvalue weighted by Gasteiger charge is -2.15. The second-order valence-electron chi connectivity index (χ2n) is 9.16. The van der Waals surface area contributed by atoms with Gasteiger partial charge in [0.25, 0.3) is 11.6 Å². The number of hydrogen-bond acceptors (Lipinski definition) is 4. The van der Waals surface area contributed by atoms with Gasteiger partial charge in [0.1, 0.15) is 24.8 Å². The third-order valence-electron chi connectivity index (χ3n) is 6.42. The van der Waals surface area contributed by atoms with E-state index < -0.39 is 0 Å². The summed E-state index contributed by atoms with van der Waals surface area (Å²) in [4.78, 5) is 8.73. The summed E-state index contributed by atoms with van der Waals surface area (Å²) in [6, 6.07) is 5.52. The van der Waals surface area contributed by atoms with Gasteiger partial charge in [0, 0.05) is 0 Å². The van der Waals surface area contributed by atoms with Crippen molar-refractivity contribution in [3.63, 3.8) is 0 Å². The molecule has 0 saturated carbocycles. The topological polar surface area (TPSA) is 88.5 Å². The Kier molecular flexibility index (Phi) is 8.84. The maximum absolute atomic E-state index is 13.3. The van der Waals surface area contributed by atoms with Crippen LogP contribution in [0.25, 0.3) is 0 Å². The third kappa shape index (κ3) is 6.18. The van der Waals surface area contributed by atoms with E-state index in [2.05, 4.69) is 23.8 Å². The molecule has 0 radical (unpaired) electrons. The normalized spacial score (nSPS) is 13.4. The summed E-state index contributed by atoms with van der Waals surface area (Å²) in [5.41, 5.74) is 1.84. The first-order valence-corrected chi connectivity index (χ1v) is 12.5. The van der Waals surface area contributed by atoms with Gasteiger partial charge in [0.2, 0.25) is 0 Å². The van der Waals surface area contributed by atoms with Gasteiger partial charge in [-0.15, -0.1) is 0 Å². The summed E-state index contributed by atoms with van der Waals surface area (Å²) in [6.45, 7) is 8.90. The van der Waals surface area contributed by atoms with Gasteiger partial charge < -0.3 is 10.2 Å². The van der Waals surface area contributed by atoms with E-state index in [1.165, 1.54) is 19.3 Å². The largest absolute Gasteiger partial charge is 0.853 e. The molecule has 8 nitrogen and oxygen atoms in total. The number of nitrogens with zero attached hydrogens (tertiary/aromatic N) is 6. The van der Waals surface area contributed by atoms with E-state index in [9.17, 15) is 10.2 Å². The minimum Gasteiger partial charge on any atom is -0.853 e. The van der Waals surface area contributed by atoms with E-state index in [0.29, 0.717) is 29.6 Å². The Balaban J connectivity index is 1.90. The Bertz CT molecular complexity index is 1200. The summed E-state index contributed by atoms with van der Waals surface area (Å²) in [5, 5.41) is 26.1. The van der Waals surface area contributed by atoms with Crippen molar-refractivity contribution in [2.75, 3.05) is 0 Å². The van der Waals surface area contributed by atoms with Crippen LogP contribution in [-0.2, 0) is 20.6 Å². The van der Waals surface area contributed by atoms with E-state index in [1.54, 1.807) is 16.7 Å². The average molecular weight is 479 g/mol. The molecule has 0 aliphatic heterocycles. The molecular weight excluding hydrogens is 440 g/mol. The van der Waals surface area contributed by atoms with Gasteiger partial charge in [-0.05, 0) is 51.3 Å². The van der Waals surface area contributed by atoms with Crippen molar-refractivity contribution in [1.82, 2.24) is 9.13 Å². The molecule has 0 aliphatic carbocycles. The lowest BCUT2D eigenvalue weighted by Crippen LogP contribution is -2.40. The van der Waals surface area contributed by atoms with Crippen molar-refractivity contribution < 1.29 is 19.3 Å². The number of aromatic nitrogens is 4. The lowest BCUT2D eigenvalue weighted by atomic mass is 10.1. The van der Waals surface area contributed by atoms with Crippen molar-refractivity contribution in [2.45, 2.75) is 72.4 Å². The summed E-state index contributed by atoms with van der Waals surface area (Å²) >= 11 is 0. The molecule has 8 heteroatoms. The van der Waals surface area contributed by atoms with Crippen molar-refractivity contribution in [2.24, 2.45) is 24.1 Å². The lowest BCUT2D eigenvalue weighted by molar-refractivity contribution is -0.674. The van der Waals surface area contributed by atoms with Crippen molar-refractivity contribution in [1.29, 1.82) is 0 Å². The number of hydrogen-bond donors (Lipinski definition) is 0. The Morgan fingerprint density at radius 1 is 0.943 bits per heavy atom. The van der Waals surface area contributed by atoms with Gasteiger partial charge in [0.15, 0.2) is 0 Å². The molecule has 0 amide bonds. The van der Waals surface area contributed by atoms with Crippen LogP contribution >= 0.6 is 0 Å². The summed E-state index contributed by atoms with van der Waals surface area (Å²) in [5.74, 6) is 0.396. The van der Waals surface area contributed by atoms with E-state index in [0.717, 1.165) is 18.4 Å². The van der Waals surface area contributed by atoms with Crippen LogP contribution in [0.15, 0.2) is 53.0 Å². The number of imidazole rings is 2. The highest BCUT2D eigenvalue weighted by atomic mass is 16.3. The Morgan fingerprint density at radius 3 is 2.34 bits per heavy atom. The third-order valence-corrected chi connectivity index (χ3v) is 6.42. The van der Waals surface area contributed by atoms with Crippen molar-refractivity contribution in [3.05, 3.63) is 60.2 Å². The van der Waals surface area contributed by atoms with Crippen LogP contribution in [0.3, 0.4) is 0 Å². The van der Waals surface area contributed by atoms with E-state index >= 15 is 0 Å². The fourth-order valence-corrected chi connectivity index (χ4v) is 4.29. The molecule has 0 saturated heterocycles. The predicted molar refractivity (Wildman–Crippen MR) is 134 cm³/mol. The Morgan fingerprint density at radius 2 is 1.63 bits per heavy atom. The molecule has 188 valence electrons. The molecule has 2 heterocycles. The van der Waals surface area contributed by atoms with E-state index in [-0.39, 0.29) is 17.8 Å². The van der Waals surface area contributed by atoms with E-state index in [1.807, 2.05) is 72.5 Å². The maximum Gasteiger partial charge on any atom is 0.292 e. The molecule has 0 aliphatic rings. The molecular formula is C27H38N6O2. The summed E-state index contributed by atoms with van der Waals surface area (Å²) in [7, 11) is 3.69. The van der Waals surface area contributed by atoms with Crippen LogP contribution in [-0.4, -0.2) is 20.9 Å². The molecule has 1 atom stereocenters. The minimum atomic E-state index is -0.336. The zero-order valence-electron chi connectivity index (χ0n) is 21.9. The highest BCUT2D eigenvalue weighted by molar-refractivity contribution is 5.89. The molecule has 3 rings (SSSR count). The van der Waals surface area contributed by atoms with Gasteiger partial charge in [-0.2, -0.15) is 0 Å². The Labute approximate surface area is 208 Å². The van der Waals surface area contributed by atoms with Crippen LogP contribution in [0.2, 0.25) is 0 Å². The minimum absolute atomic E-state index is 0.206. The monoisotopic (exact) mass is 478 g/mol. The zero-order valence-corrected chi connectivity index (χ0v) is 21.9. The molecule has 1 unspecified atom stereocenters. The maximum atomic E-state index is 13.3. The Hall–Kier alpha value is -3.42. The second-order valence-corrected chi connectivity index (χ2v) is 9.16. The van der Waals surface area contributed by atoms with Gasteiger partial charge in [-0.25, -0.2) is 18.3 Å². The van der Waals surface area contributed by atoms with Crippen molar-refractivity contribution >= 4 is 23.2 Å². The molecule has 35 heavy (non-hydrogen) atoms. The molecule has 0 fully saturated rings. The van der Waals surface area contributed by atoms with Crippen LogP contribution in [0.4, 0.5) is 11.4 Å². The van der Waals surface area contributed by atoms with Crippen LogP contribution in [0.5, 0.6) is 0 Å². The number of aryl methyl sites for hydroxylation is 4. The predicted octanol–water partition coefficient (Wildman–Crippen LogP) is 2.68. The summed E-state index contributed by atoms with van der Waals surface area (Å²) < 4.78 is 7.45. The fraction of sp³-hybridized carbons (Fsp3) is 0.481. The molecule has 0 spiro atoms. The van der Waals surface area contributed by atoms with Crippen LogP contribution < -0.4 is 19.3 Å². The number of unbranched alkanes of at least 4 members (excludes halogenated alkanes) is 3. The first-order valence-electron chi connectivity index (χ1n) is 12.5. The van der Waals surface area contributed by atoms with Gasteiger partial charge >= 0.3 is 0 Å². The number of rotatable bonds is 11. The van der Waals surface area contributed by atoms with Gasteiger partial charge in [-0.3, -0.25) is 9.98 Å². The fourth-order valence-electron chi connectivity index (χ4n) is 4.29. The van der Waals surface area contributed by atoms with Crippen LogP contribution in [0.1, 0.15) is 76.1 Å². The second kappa shape index (κ2) is 11.8. The van der Waals surface area contributed by atoms with Gasteiger partial charge in [-0.1, -0.05) is 32.3 Å². The highest BCUT2D eigenvalue weighted by Crippen LogP contribution is 2.26. The van der Waals surface area contributed by atoms with Crippen molar-refractivity contribution in [3.8, 4) is 0 Å². The number of aliphatic imine (C=N–C) groups is 2. The summed E-state index contributed by atoms with van der Waals surface area (Å²) in [6.07, 6.45) is 13.3. The zero-order chi connectivity index (χ0) is 25.5. The van der Waals surface area contributed by atoms with Crippen LogP contribution in [0, 0.1) is 6.92 Å². The smallest absolute Gasteiger partial charge is 0.292 e. The number of benzene rings is 1. The van der Waals surface area contributed by atoms with E-state index in [4.69, 9.17) is 0 Å². The highest BCUT2D eigenvalue weighted by Gasteiger charge is 2.20. The first-order chi connectivity index (χ1) is 16.8. The first kappa shape index (κ1) is 26.2. The molecule has 0 bridgehead atoms. The molecule has 1 aromatic carbocycles. The quantitative estimate of drug-likeness (QED) is 0.184. The van der Waals surface area contributed by atoms with Gasteiger partial charge in [0.05, 0.1) is 49.9 Å². The molecule has 0 N–H and O–H groups in total. The standard InChI is InChI=1S/C27H38N6O2/c1-7-9-10-11-12-21(4)33-18-16-31(6)27(33)25(35)29-23-19-22(14-13-20(23)3)28-24(34)26-30(5)15-17-32(26)8-2/h13-19,21H,7-12H2,1-6H3. The molecule has 2 aromatic heterocycles. The molecule has 3 aromatic rings. The average Bonchev–Trinajstić information content (AvgIpc) is 3.40. The SMILES string of the molecule is CCCCCCC(C)n1cc[n+](C)c1C([O-])=Nc1cc(N=C([O-])c2n(CC)cc[n+]2C)ccc1C.